The summed E-state index contributed by atoms with van der Waals surface area (Å²) in [4.78, 5) is 19.9. The van der Waals surface area contributed by atoms with E-state index in [1.54, 1.807) is 0 Å². The summed E-state index contributed by atoms with van der Waals surface area (Å²) in [5.74, 6) is 1.76. The first-order chi connectivity index (χ1) is 17.7. The molecule has 6 rings (SSSR count). The molecule has 3 aromatic carbocycles. The normalized spacial score (nSPS) is 19.8. The molecular formula is C29H29N3O3S. The van der Waals surface area contributed by atoms with Gasteiger partial charge in [0.05, 0.1) is 0 Å². The van der Waals surface area contributed by atoms with Crippen molar-refractivity contribution in [3.63, 3.8) is 0 Å². The molecule has 1 amide bonds. The van der Waals surface area contributed by atoms with Gasteiger partial charge in [0.25, 0.3) is 5.91 Å². The number of likely N-dealkylation sites (tertiary alicyclic amines) is 1. The van der Waals surface area contributed by atoms with Crippen molar-refractivity contribution in [1.29, 1.82) is 0 Å². The zero-order valence-corrected chi connectivity index (χ0v) is 20.9. The Morgan fingerprint density at radius 2 is 1.89 bits per heavy atom. The van der Waals surface area contributed by atoms with Crippen LogP contribution in [-0.4, -0.2) is 42.0 Å². The highest BCUT2D eigenvalue weighted by Crippen LogP contribution is 2.36. The van der Waals surface area contributed by atoms with E-state index in [0.29, 0.717) is 30.5 Å². The number of carbonyl (C=O) groups excluding carboxylic acids is 1. The third-order valence-corrected chi connectivity index (χ3v) is 7.90. The highest BCUT2D eigenvalue weighted by atomic mass is 32.1. The Bertz CT molecular complexity index is 1370. The molecule has 2 unspecified atom stereocenters. The second kappa shape index (κ2) is 10.3. The van der Waals surface area contributed by atoms with E-state index in [1.165, 1.54) is 27.7 Å². The van der Waals surface area contributed by atoms with Gasteiger partial charge in [0.15, 0.2) is 17.6 Å². The van der Waals surface area contributed by atoms with Crippen LogP contribution < -0.4 is 14.8 Å². The van der Waals surface area contributed by atoms with Crippen molar-refractivity contribution in [1.82, 2.24) is 15.2 Å². The van der Waals surface area contributed by atoms with Crippen molar-refractivity contribution < 1.29 is 14.3 Å². The van der Waals surface area contributed by atoms with Crippen LogP contribution in [0.15, 0.2) is 72.1 Å². The van der Waals surface area contributed by atoms with Crippen LogP contribution in [0.25, 0.3) is 10.8 Å². The zero-order valence-electron chi connectivity index (χ0n) is 20.1. The minimum Gasteiger partial charge on any atom is -0.485 e. The van der Waals surface area contributed by atoms with Crippen molar-refractivity contribution in [3.05, 3.63) is 88.4 Å². The largest absolute Gasteiger partial charge is 0.485 e. The number of hydrogen-bond donors (Lipinski definition) is 1. The number of aromatic nitrogens is 1. The molecule has 2 atom stereocenters. The van der Waals surface area contributed by atoms with Gasteiger partial charge in [0.2, 0.25) is 0 Å². The van der Waals surface area contributed by atoms with E-state index in [2.05, 4.69) is 57.7 Å². The monoisotopic (exact) mass is 499 g/mol. The second-order valence-corrected chi connectivity index (χ2v) is 10.4. The van der Waals surface area contributed by atoms with E-state index in [4.69, 9.17) is 9.47 Å². The van der Waals surface area contributed by atoms with Gasteiger partial charge in [-0.15, -0.1) is 11.3 Å². The van der Waals surface area contributed by atoms with Crippen LogP contribution in [0.2, 0.25) is 0 Å². The third kappa shape index (κ3) is 4.94. The lowest BCUT2D eigenvalue weighted by Crippen LogP contribution is -2.40. The van der Waals surface area contributed by atoms with E-state index >= 15 is 0 Å². The molecule has 1 saturated heterocycles. The fourth-order valence-corrected chi connectivity index (χ4v) is 5.95. The second-order valence-electron chi connectivity index (χ2n) is 9.53. The van der Waals surface area contributed by atoms with Crippen LogP contribution in [0.5, 0.6) is 11.5 Å². The summed E-state index contributed by atoms with van der Waals surface area (Å²) in [5.41, 5.74) is 1.81. The average molecular weight is 500 g/mol. The van der Waals surface area contributed by atoms with Crippen molar-refractivity contribution in [2.45, 2.75) is 25.5 Å². The number of amides is 1. The number of thiazole rings is 1. The van der Waals surface area contributed by atoms with Gasteiger partial charge in [0.1, 0.15) is 17.3 Å². The van der Waals surface area contributed by atoms with Crippen LogP contribution in [0.1, 0.15) is 40.0 Å². The fourth-order valence-electron chi connectivity index (χ4n) is 5.14. The minimum atomic E-state index is -0.299. The van der Waals surface area contributed by atoms with Crippen LogP contribution in [-0.2, 0) is 6.54 Å². The van der Waals surface area contributed by atoms with Crippen molar-refractivity contribution in [3.8, 4) is 11.5 Å². The van der Waals surface area contributed by atoms with E-state index in [1.807, 2.05) is 29.6 Å². The van der Waals surface area contributed by atoms with Crippen LogP contribution in [0.3, 0.4) is 0 Å². The number of fused-ring (bicyclic) bond motifs is 2. The van der Waals surface area contributed by atoms with Crippen molar-refractivity contribution >= 4 is 28.0 Å². The van der Waals surface area contributed by atoms with Gasteiger partial charge in [0, 0.05) is 25.0 Å². The first-order valence-corrected chi connectivity index (χ1v) is 13.4. The topological polar surface area (TPSA) is 63.7 Å². The Hall–Kier alpha value is -3.42. The summed E-state index contributed by atoms with van der Waals surface area (Å²) in [6, 6.07) is 22.7. The van der Waals surface area contributed by atoms with Crippen LogP contribution in [0.4, 0.5) is 0 Å². The van der Waals surface area contributed by atoms with Gasteiger partial charge in [-0.25, -0.2) is 4.98 Å². The van der Waals surface area contributed by atoms with Gasteiger partial charge in [-0.2, -0.15) is 0 Å². The summed E-state index contributed by atoms with van der Waals surface area (Å²) in [6.07, 6.45) is 1.97. The SMILES string of the molecule is O=C(NCC1CCCN(Cc2cccc3ccccc23)C1)c1csc(C2COc3ccccc3O2)n1. The molecule has 2 aliphatic rings. The molecule has 6 nitrogen and oxygen atoms in total. The molecule has 0 bridgehead atoms. The maximum Gasteiger partial charge on any atom is 0.270 e. The highest BCUT2D eigenvalue weighted by molar-refractivity contribution is 7.09. The van der Waals surface area contributed by atoms with Gasteiger partial charge in [-0.05, 0) is 53.8 Å². The van der Waals surface area contributed by atoms with Gasteiger partial charge >= 0.3 is 0 Å². The van der Waals surface area contributed by atoms with Crippen LogP contribution in [0, 0.1) is 5.92 Å². The van der Waals surface area contributed by atoms with Gasteiger partial charge in [-0.1, -0.05) is 54.6 Å². The molecule has 0 radical (unpaired) electrons. The Morgan fingerprint density at radius 3 is 2.83 bits per heavy atom. The first kappa shape index (κ1) is 23.0. The number of carbonyl (C=O) groups is 1. The summed E-state index contributed by atoms with van der Waals surface area (Å²) >= 11 is 1.44. The standard InChI is InChI=1S/C29H29N3O3S/c33-28(24-19-36-29(31-24)27-18-34-25-12-3-4-13-26(25)35-27)30-15-20-7-6-14-32(16-20)17-22-10-5-9-21-8-1-2-11-23(21)22/h1-5,8-13,19-20,27H,6-7,14-18H2,(H,30,33). The van der Waals surface area contributed by atoms with E-state index in [-0.39, 0.29) is 12.0 Å². The first-order valence-electron chi connectivity index (χ1n) is 12.5. The number of piperidine rings is 1. The number of nitrogens with zero attached hydrogens (tertiary/aromatic N) is 2. The van der Waals surface area contributed by atoms with Crippen molar-refractivity contribution in [2.75, 3.05) is 26.2 Å². The summed E-state index contributed by atoms with van der Waals surface area (Å²) < 4.78 is 11.8. The number of nitrogens with one attached hydrogen (secondary N) is 1. The smallest absolute Gasteiger partial charge is 0.270 e. The van der Waals surface area contributed by atoms with Crippen LogP contribution >= 0.6 is 11.3 Å². The molecule has 3 heterocycles. The van der Waals surface area contributed by atoms with Gasteiger partial charge in [-0.3, -0.25) is 9.69 Å². The summed E-state index contributed by atoms with van der Waals surface area (Å²) in [5, 5.41) is 8.30. The maximum absolute atomic E-state index is 12.8. The molecule has 0 saturated carbocycles. The Morgan fingerprint density at radius 1 is 1.06 bits per heavy atom. The quantitative estimate of drug-likeness (QED) is 0.382. The molecule has 4 aromatic rings. The third-order valence-electron chi connectivity index (χ3n) is 6.97. The maximum atomic E-state index is 12.8. The molecule has 0 aliphatic carbocycles. The molecule has 1 N–H and O–H groups in total. The number of rotatable bonds is 6. The highest BCUT2D eigenvalue weighted by Gasteiger charge is 2.26. The number of benzene rings is 3. The number of ether oxygens (including phenoxy) is 2. The lowest BCUT2D eigenvalue weighted by molar-refractivity contribution is 0.0892. The van der Waals surface area contributed by atoms with Crippen molar-refractivity contribution in [2.24, 2.45) is 5.92 Å². The Balaban J connectivity index is 1.03. The molecule has 1 fully saturated rings. The Kier molecular flexibility index (Phi) is 6.57. The molecule has 1 aromatic heterocycles. The number of hydrogen-bond acceptors (Lipinski definition) is 6. The van der Waals surface area contributed by atoms with E-state index in [0.717, 1.165) is 43.2 Å². The molecule has 7 heteroatoms. The summed E-state index contributed by atoms with van der Waals surface area (Å²) in [6.45, 7) is 4.07. The van der Waals surface area contributed by atoms with Gasteiger partial charge < -0.3 is 14.8 Å². The lowest BCUT2D eigenvalue weighted by Gasteiger charge is -2.33. The average Bonchev–Trinajstić information content (AvgIpc) is 3.43. The molecular weight excluding hydrogens is 470 g/mol. The Labute approximate surface area is 214 Å². The van der Waals surface area contributed by atoms with E-state index < -0.39 is 0 Å². The number of para-hydroxylation sites is 2. The predicted molar refractivity (Wildman–Crippen MR) is 142 cm³/mol. The molecule has 2 aliphatic heterocycles. The predicted octanol–water partition coefficient (Wildman–Crippen LogP) is 5.45. The lowest BCUT2D eigenvalue weighted by atomic mass is 9.96. The molecule has 36 heavy (non-hydrogen) atoms. The molecule has 184 valence electrons. The minimum absolute atomic E-state index is 0.124. The van der Waals surface area contributed by atoms with E-state index in [9.17, 15) is 4.79 Å². The fraction of sp³-hybridized carbons (Fsp3) is 0.310. The molecule has 0 spiro atoms. The summed E-state index contributed by atoms with van der Waals surface area (Å²) in [7, 11) is 0. The zero-order chi connectivity index (χ0) is 24.3.